The van der Waals surface area contributed by atoms with Crippen LogP contribution >= 0.6 is 0 Å². The maximum Gasteiger partial charge on any atom is 0.0480 e. The normalized spacial score (nSPS) is 22.2. The Morgan fingerprint density at radius 3 is 2.80 bits per heavy atom. The Bertz CT molecular complexity index is 141. The van der Waals surface area contributed by atoms with Crippen LogP contribution in [0.2, 0.25) is 0 Å². The zero-order valence-corrected chi connectivity index (χ0v) is 10.4. The van der Waals surface area contributed by atoms with Crippen LogP contribution in [0.1, 0.15) is 52.4 Å². The lowest BCUT2D eigenvalue weighted by molar-refractivity contribution is 0.115. The molecule has 0 aromatic heterocycles. The summed E-state index contributed by atoms with van der Waals surface area (Å²) in [6.07, 6.45) is 7.80. The Morgan fingerprint density at radius 1 is 1.27 bits per heavy atom. The van der Waals surface area contributed by atoms with Crippen LogP contribution in [-0.4, -0.2) is 25.8 Å². The topological polar surface area (TPSA) is 21.3 Å². The van der Waals surface area contributed by atoms with Gasteiger partial charge in [0.25, 0.3) is 0 Å². The van der Waals surface area contributed by atoms with E-state index in [4.69, 9.17) is 4.74 Å². The number of hydrogen-bond donors (Lipinski definition) is 1. The van der Waals surface area contributed by atoms with Gasteiger partial charge in [0.05, 0.1) is 0 Å². The van der Waals surface area contributed by atoms with Crippen molar-refractivity contribution in [1.29, 1.82) is 0 Å². The maximum absolute atomic E-state index is 5.65. The largest absolute Gasteiger partial charge is 0.381 e. The van der Waals surface area contributed by atoms with Gasteiger partial charge in [-0.25, -0.2) is 0 Å². The highest BCUT2D eigenvalue weighted by atomic mass is 16.5. The number of ether oxygens (including phenoxy) is 1. The van der Waals surface area contributed by atoms with Gasteiger partial charge in [-0.05, 0) is 44.6 Å². The van der Waals surface area contributed by atoms with Crippen molar-refractivity contribution >= 4 is 0 Å². The molecule has 1 rings (SSSR count). The molecule has 2 heteroatoms. The van der Waals surface area contributed by atoms with Gasteiger partial charge in [0.15, 0.2) is 0 Å². The van der Waals surface area contributed by atoms with E-state index in [0.717, 1.165) is 25.2 Å². The van der Waals surface area contributed by atoms with Gasteiger partial charge in [0.2, 0.25) is 0 Å². The summed E-state index contributed by atoms with van der Waals surface area (Å²) in [6.45, 7) is 7.64. The van der Waals surface area contributed by atoms with Gasteiger partial charge in [0, 0.05) is 19.3 Å². The summed E-state index contributed by atoms with van der Waals surface area (Å²) < 4.78 is 5.65. The van der Waals surface area contributed by atoms with Crippen molar-refractivity contribution in [2.45, 2.75) is 58.4 Å². The molecule has 1 unspecified atom stereocenters. The highest BCUT2D eigenvalue weighted by molar-refractivity contribution is 4.71. The summed E-state index contributed by atoms with van der Waals surface area (Å²) >= 11 is 0. The molecule has 90 valence electrons. The number of piperidine rings is 1. The van der Waals surface area contributed by atoms with E-state index in [2.05, 4.69) is 19.2 Å². The second-order valence-electron chi connectivity index (χ2n) is 5.08. The molecule has 0 saturated carbocycles. The Labute approximate surface area is 94.8 Å². The monoisotopic (exact) mass is 213 g/mol. The molecule has 0 aromatic carbocycles. The van der Waals surface area contributed by atoms with E-state index in [1.54, 1.807) is 0 Å². The van der Waals surface area contributed by atoms with E-state index in [-0.39, 0.29) is 0 Å². The van der Waals surface area contributed by atoms with Crippen LogP contribution in [0.25, 0.3) is 0 Å². The average Bonchev–Trinajstić information content (AvgIpc) is 2.24. The number of hydrogen-bond acceptors (Lipinski definition) is 2. The summed E-state index contributed by atoms with van der Waals surface area (Å²) in [6, 6.07) is 0.726. The van der Waals surface area contributed by atoms with E-state index >= 15 is 0 Å². The molecular weight excluding hydrogens is 186 g/mol. The summed E-state index contributed by atoms with van der Waals surface area (Å²) in [7, 11) is 0. The molecule has 1 heterocycles. The molecular formula is C13H27NO. The summed E-state index contributed by atoms with van der Waals surface area (Å²) in [5.74, 6) is 0.814. The fourth-order valence-corrected chi connectivity index (χ4v) is 2.09. The summed E-state index contributed by atoms with van der Waals surface area (Å²) in [5, 5.41) is 3.55. The third kappa shape index (κ3) is 6.91. The molecule has 1 aliphatic rings. The van der Waals surface area contributed by atoms with Gasteiger partial charge in [-0.2, -0.15) is 0 Å². The Kier molecular flexibility index (Phi) is 7.03. The van der Waals surface area contributed by atoms with Crippen LogP contribution < -0.4 is 5.32 Å². The zero-order chi connectivity index (χ0) is 10.9. The first-order valence-corrected chi connectivity index (χ1v) is 6.60. The zero-order valence-electron chi connectivity index (χ0n) is 10.4. The minimum absolute atomic E-state index is 0.726. The van der Waals surface area contributed by atoms with Crippen LogP contribution in [0, 0.1) is 5.92 Å². The quantitative estimate of drug-likeness (QED) is 0.656. The molecule has 0 aromatic rings. The second-order valence-corrected chi connectivity index (χ2v) is 5.08. The molecule has 0 aliphatic carbocycles. The maximum atomic E-state index is 5.65. The molecule has 0 spiro atoms. The molecule has 1 N–H and O–H groups in total. The SMILES string of the molecule is CC(C)CCCOCCC1CCCCN1. The molecule has 0 amide bonds. The van der Waals surface area contributed by atoms with Gasteiger partial charge in [0.1, 0.15) is 0 Å². The van der Waals surface area contributed by atoms with E-state index in [0.29, 0.717) is 0 Å². The molecule has 0 bridgehead atoms. The van der Waals surface area contributed by atoms with Crippen molar-refractivity contribution in [1.82, 2.24) is 5.32 Å². The highest BCUT2D eigenvalue weighted by Gasteiger charge is 2.11. The molecule has 1 aliphatic heterocycles. The fraction of sp³-hybridized carbons (Fsp3) is 1.00. The first kappa shape index (κ1) is 13.0. The predicted molar refractivity (Wildman–Crippen MR) is 65.1 cm³/mol. The van der Waals surface area contributed by atoms with Crippen LogP contribution in [0.15, 0.2) is 0 Å². The van der Waals surface area contributed by atoms with E-state index in [9.17, 15) is 0 Å². The molecule has 1 fully saturated rings. The van der Waals surface area contributed by atoms with Crippen molar-refractivity contribution in [2.24, 2.45) is 5.92 Å². The van der Waals surface area contributed by atoms with Gasteiger partial charge in [-0.15, -0.1) is 0 Å². The lowest BCUT2D eigenvalue weighted by Crippen LogP contribution is -2.34. The first-order valence-electron chi connectivity index (χ1n) is 6.60. The summed E-state index contributed by atoms with van der Waals surface area (Å²) in [4.78, 5) is 0. The smallest absolute Gasteiger partial charge is 0.0480 e. The molecule has 1 atom stereocenters. The Hall–Kier alpha value is -0.0800. The third-order valence-corrected chi connectivity index (χ3v) is 3.09. The number of nitrogens with one attached hydrogen (secondary N) is 1. The minimum Gasteiger partial charge on any atom is -0.381 e. The highest BCUT2D eigenvalue weighted by Crippen LogP contribution is 2.10. The fourth-order valence-electron chi connectivity index (χ4n) is 2.09. The predicted octanol–water partition coefficient (Wildman–Crippen LogP) is 2.97. The second kappa shape index (κ2) is 8.12. The van der Waals surface area contributed by atoms with Gasteiger partial charge >= 0.3 is 0 Å². The Morgan fingerprint density at radius 2 is 2.13 bits per heavy atom. The van der Waals surface area contributed by atoms with E-state index in [1.807, 2.05) is 0 Å². The van der Waals surface area contributed by atoms with Crippen molar-refractivity contribution in [2.75, 3.05) is 19.8 Å². The van der Waals surface area contributed by atoms with Crippen molar-refractivity contribution in [3.8, 4) is 0 Å². The van der Waals surface area contributed by atoms with Crippen LogP contribution in [0.4, 0.5) is 0 Å². The van der Waals surface area contributed by atoms with Crippen LogP contribution in [0.3, 0.4) is 0 Å². The number of rotatable bonds is 7. The van der Waals surface area contributed by atoms with Crippen LogP contribution in [0.5, 0.6) is 0 Å². The lowest BCUT2D eigenvalue weighted by Gasteiger charge is -2.23. The molecule has 0 radical (unpaired) electrons. The van der Waals surface area contributed by atoms with E-state index in [1.165, 1.54) is 45.1 Å². The van der Waals surface area contributed by atoms with Gasteiger partial charge in [-0.3, -0.25) is 0 Å². The van der Waals surface area contributed by atoms with Crippen molar-refractivity contribution < 1.29 is 4.74 Å². The Balaban J connectivity index is 1.83. The lowest BCUT2D eigenvalue weighted by atomic mass is 10.0. The van der Waals surface area contributed by atoms with E-state index < -0.39 is 0 Å². The van der Waals surface area contributed by atoms with Crippen molar-refractivity contribution in [3.05, 3.63) is 0 Å². The summed E-state index contributed by atoms with van der Waals surface area (Å²) in [5.41, 5.74) is 0. The van der Waals surface area contributed by atoms with Crippen LogP contribution in [-0.2, 0) is 4.74 Å². The molecule has 1 saturated heterocycles. The van der Waals surface area contributed by atoms with Gasteiger partial charge in [-0.1, -0.05) is 20.3 Å². The molecule has 2 nitrogen and oxygen atoms in total. The minimum atomic E-state index is 0.726. The van der Waals surface area contributed by atoms with Crippen molar-refractivity contribution in [3.63, 3.8) is 0 Å². The average molecular weight is 213 g/mol. The van der Waals surface area contributed by atoms with Gasteiger partial charge < -0.3 is 10.1 Å². The standard InChI is InChI=1S/C13H27NO/c1-12(2)6-5-10-15-11-8-13-7-3-4-9-14-13/h12-14H,3-11H2,1-2H3. The first-order chi connectivity index (χ1) is 7.29. The molecule has 15 heavy (non-hydrogen) atoms. The third-order valence-electron chi connectivity index (χ3n) is 3.09.